The molecule has 0 spiro atoms. The van der Waals surface area contributed by atoms with Crippen LogP contribution in [0.2, 0.25) is 0 Å². The molecule has 0 unspecified atom stereocenters. The number of nitrogens with zero attached hydrogens (tertiary/aromatic N) is 5. The van der Waals surface area contributed by atoms with Gasteiger partial charge in [0.15, 0.2) is 0 Å². The van der Waals surface area contributed by atoms with E-state index in [0.717, 1.165) is 52.3 Å². The van der Waals surface area contributed by atoms with Crippen LogP contribution in [0.15, 0.2) is 41.8 Å². The molecule has 0 saturated carbocycles. The van der Waals surface area contributed by atoms with Crippen LogP contribution >= 0.6 is 0 Å². The lowest BCUT2D eigenvalue weighted by atomic mass is 10.0. The molecule has 1 saturated heterocycles. The van der Waals surface area contributed by atoms with Gasteiger partial charge < -0.3 is 15.4 Å². The van der Waals surface area contributed by atoms with Gasteiger partial charge >= 0.3 is 0 Å². The van der Waals surface area contributed by atoms with Gasteiger partial charge in [0.1, 0.15) is 17.8 Å². The summed E-state index contributed by atoms with van der Waals surface area (Å²) < 4.78 is 5.42. The number of aromatic nitrogens is 4. The molecule has 138 valence electrons. The van der Waals surface area contributed by atoms with Crippen molar-refractivity contribution in [1.82, 2.24) is 20.2 Å². The number of allylic oxidation sites excluding steroid dienone is 1. The van der Waals surface area contributed by atoms with Crippen molar-refractivity contribution in [1.29, 1.82) is 0 Å². The lowest BCUT2D eigenvalue weighted by Gasteiger charge is -2.27. The zero-order valence-electron chi connectivity index (χ0n) is 15.1. The summed E-state index contributed by atoms with van der Waals surface area (Å²) in [5.41, 5.74) is 10.1. The number of fused-ring (bicyclic) bond motifs is 1. The molecule has 8 nitrogen and oxygen atoms in total. The first-order valence-electron chi connectivity index (χ1n) is 8.78. The van der Waals surface area contributed by atoms with Crippen LogP contribution in [0.4, 0.5) is 5.82 Å². The predicted octanol–water partition coefficient (Wildman–Crippen LogP) is 1.86. The Morgan fingerprint density at radius 3 is 2.89 bits per heavy atom. The maximum absolute atomic E-state index is 5.75. The molecule has 3 heterocycles. The molecule has 2 aromatic heterocycles. The van der Waals surface area contributed by atoms with Crippen LogP contribution in [0.1, 0.15) is 5.56 Å². The number of hydrogen-bond acceptors (Lipinski definition) is 7. The standard InChI is InChI=1S/C19H21N7O/c1-21-11-14(10-20)13-2-3-16-15(8-13)19(25-24-16)17-9-18(23-12-22-17)26-4-6-27-7-5-26/h2-3,8-12H,4-7,20H2,1H3,(H,24,25). The third kappa shape index (κ3) is 3.39. The fourth-order valence-electron chi connectivity index (χ4n) is 3.18. The lowest BCUT2D eigenvalue weighted by Crippen LogP contribution is -2.36. The molecule has 3 aromatic rings. The van der Waals surface area contributed by atoms with Gasteiger partial charge in [0, 0.05) is 49.6 Å². The van der Waals surface area contributed by atoms with Gasteiger partial charge in [-0.2, -0.15) is 5.10 Å². The number of nitrogens with two attached hydrogens (primary N) is 1. The van der Waals surface area contributed by atoms with E-state index in [1.165, 1.54) is 0 Å². The molecule has 1 aliphatic rings. The van der Waals surface area contributed by atoms with Crippen molar-refractivity contribution in [3.05, 3.63) is 42.4 Å². The molecular formula is C19H21N7O. The molecular weight excluding hydrogens is 342 g/mol. The highest BCUT2D eigenvalue weighted by molar-refractivity contribution is 6.11. The number of benzene rings is 1. The van der Waals surface area contributed by atoms with E-state index in [1.54, 1.807) is 25.8 Å². The SMILES string of the molecule is CN=CC(=CN)c1ccc2[nH]nc(-c3cc(N4CCOCC4)ncn3)c2c1. The second kappa shape index (κ2) is 7.55. The monoisotopic (exact) mass is 363 g/mol. The molecule has 8 heteroatoms. The largest absolute Gasteiger partial charge is 0.404 e. The summed E-state index contributed by atoms with van der Waals surface area (Å²) >= 11 is 0. The van der Waals surface area contributed by atoms with Crippen LogP contribution in [0, 0.1) is 0 Å². The Morgan fingerprint density at radius 2 is 2.11 bits per heavy atom. The third-order valence-electron chi connectivity index (χ3n) is 4.57. The van der Waals surface area contributed by atoms with Crippen LogP contribution < -0.4 is 10.6 Å². The van der Waals surface area contributed by atoms with Crippen molar-refractivity contribution in [2.75, 3.05) is 38.3 Å². The Balaban J connectivity index is 1.75. The molecule has 0 amide bonds. The molecule has 0 atom stereocenters. The zero-order chi connectivity index (χ0) is 18.6. The van der Waals surface area contributed by atoms with Gasteiger partial charge in [0.2, 0.25) is 0 Å². The summed E-state index contributed by atoms with van der Waals surface area (Å²) in [7, 11) is 1.72. The van der Waals surface area contributed by atoms with Crippen molar-refractivity contribution in [3.8, 4) is 11.4 Å². The summed E-state index contributed by atoms with van der Waals surface area (Å²) in [6.45, 7) is 3.06. The molecule has 4 rings (SSSR count). The van der Waals surface area contributed by atoms with E-state index in [-0.39, 0.29) is 0 Å². The van der Waals surface area contributed by atoms with Crippen molar-refractivity contribution in [2.24, 2.45) is 10.7 Å². The molecule has 27 heavy (non-hydrogen) atoms. The zero-order valence-corrected chi connectivity index (χ0v) is 15.1. The highest BCUT2D eigenvalue weighted by Gasteiger charge is 2.16. The highest BCUT2D eigenvalue weighted by atomic mass is 16.5. The second-order valence-electron chi connectivity index (χ2n) is 6.20. The van der Waals surface area contributed by atoms with E-state index in [1.807, 2.05) is 24.3 Å². The number of ether oxygens (including phenoxy) is 1. The minimum absolute atomic E-state index is 0.710. The van der Waals surface area contributed by atoms with Gasteiger partial charge in [-0.15, -0.1) is 0 Å². The maximum Gasteiger partial charge on any atom is 0.132 e. The number of hydrogen-bond donors (Lipinski definition) is 2. The normalized spacial score (nSPS) is 15.7. The summed E-state index contributed by atoms with van der Waals surface area (Å²) in [6, 6.07) is 7.99. The fourth-order valence-corrected chi connectivity index (χ4v) is 3.18. The number of H-pyrrole nitrogens is 1. The van der Waals surface area contributed by atoms with Crippen molar-refractivity contribution in [2.45, 2.75) is 0 Å². The van der Waals surface area contributed by atoms with E-state index in [4.69, 9.17) is 10.5 Å². The molecule has 1 aromatic carbocycles. The second-order valence-corrected chi connectivity index (χ2v) is 6.20. The first-order chi connectivity index (χ1) is 13.3. The average Bonchev–Trinajstić information content (AvgIpc) is 3.16. The van der Waals surface area contributed by atoms with Gasteiger partial charge in [-0.3, -0.25) is 10.1 Å². The van der Waals surface area contributed by atoms with Crippen LogP contribution in [-0.2, 0) is 4.74 Å². The minimum Gasteiger partial charge on any atom is -0.404 e. The Labute approximate surface area is 156 Å². The van der Waals surface area contributed by atoms with Crippen LogP contribution in [0.5, 0.6) is 0 Å². The van der Waals surface area contributed by atoms with E-state index >= 15 is 0 Å². The predicted molar refractivity (Wildman–Crippen MR) is 107 cm³/mol. The summed E-state index contributed by atoms with van der Waals surface area (Å²) in [4.78, 5) is 15.1. The van der Waals surface area contributed by atoms with E-state index in [9.17, 15) is 0 Å². The summed E-state index contributed by atoms with van der Waals surface area (Å²) in [6.07, 6.45) is 4.87. The van der Waals surface area contributed by atoms with Gasteiger partial charge in [-0.25, -0.2) is 9.97 Å². The summed E-state index contributed by atoms with van der Waals surface area (Å²) in [5, 5.41) is 8.53. The highest BCUT2D eigenvalue weighted by Crippen LogP contribution is 2.29. The topological polar surface area (TPSA) is 105 Å². The number of rotatable bonds is 4. The number of anilines is 1. The fraction of sp³-hybridized carbons (Fsp3) is 0.263. The quantitative estimate of drug-likeness (QED) is 0.686. The molecule has 1 aliphatic heterocycles. The van der Waals surface area contributed by atoms with E-state index in [2.05, 4.69) is 30.1 Å². The Bertz CT molecular complexity index is 1000. The molecule has 0 aliphatic carbocycles. The van der Waals surface area contributed by atoms with Gasteiger partial charge in [-0.1, -0.05) is 6.07 Å². The van der Waals surface area contributed by atoms with Crippen LogP contribution in [-0.4, -0.2) is 59.7 Å². The number of aromatic amines is 1. The number of aliphatic imine (C=N–C) groups is 1. The Hall–Kier alpha value is -3.26. The van der Waals surface area contributed by atoms with Crippen LogP contribution in [0.3, 0.4) is 0 Å². The molecule has 0 radical (unpaired) electrons. The number of nitrogens with one attached hydrogen (secondary N) is 1. The smallest absolute Gasteiger partial charge is 0.132 e. The first kappa shape index (κ1) is 17.2. The Kier molecular flexibility index (Phi) is 4.80. The molecule has 0 bridgehead atoms. The van der Waals surface area contributed by atoms with Crippen LogP contribution in [0.25, 0.3) is 27.9 Å². The summed E-state index contributed by atoms with van der Waals surface area (Å²) in [5.74, 6) is 0.885. The molecule has 1 fully saturated rings. The average molecular weight is 363 g/mol. The van der Waals surface area contributed by atoms with Gasteiger partial charge in [0.25, 0.3) is 0 Å². The molecule has 3 N–H and O–H groups in total. The number of morpholine rings is 1. The van der Waals surface area contributed by atoms with Crippen molar-refractivity contribution in [3.63, 3.8) is 0 Å². The van der Waals surface area contributed by atoms with E-state index < -0.39 is 0 Å². The van der Waals surface area contributed by atoms with Gasteiger partial charge in [0.05, 0.1) is 24.4 Å². The lowest BCUT2D eigenvalue weighted by molar-refractivity contribution is 0.122. The van der Waals surface area contributed by atoms with Crippen molar-refractivity contribution >= 4 is 28.5 Å². The third-order valence-corrected chi connectivity index (χ3v) is 4.57. The maximum atomic E-state index is 5.75. The first-order valence-corrected chi connectivity index (χ1v) is 8.78. The minimum atomic E-state index is 0.710. The Morgan fingerprint density at radius 1 is 1.26 bits per heavy atom. The van der Waals surface area contributed by atoms with Gasteiger partial charge in [-0.05, 0) is 17.7 Å². The van der Waals surface area contributed by atoms with Crippen molar-refractivity contribution < 1.29 is 4.74 Å². The van der Waals surface area contributed by atoms with E-state index in [0.29, 0.717) is 13.2 Å².